The molecular formula is C16H18N2O4. The Balaban J connectivity index is 1.53. The van der Waals surface area contributed by atoms with Crippen molar-refractivity contribution in [3.05, 3.63) is 24.2 Å². The van der Waals surface area contributed by atoms with Crippen LogP contribution in [0.2, 0.25) is 0 Å². The molecule has 4 heterocycles. The molecule has 6 heteroatoms. The average molecular weight is 302 g/mol. The first-order chi connectivity index (χ1) is 10.6. The minimum atomic E-state index is -0.0518. The number of carbonyl (C=O) groups is 3. The summed E-state index contributed by atoms with van der Waals surface area (Å²) in [5.41, 5.74) is 0.573. The number of carbonyl (C=O) groups excluding carboxylic acids is 3. The summed E-state index contributed by atoms with van der Waals surface area (Å²) >= 11 is 0. The minimum absolute atomic E-state index is 0.00113. The van der Waals surface area contributed by atoms with E-state index in [-0.39, 0.29) is 35.8 Å². The molecule has 0 saturated carbocycles. The lowest BCUT2D eigenvalue weighted by molar-refractivity contribution is -0.142. The van der Waals surface area contributed by atoms with Crippen LogP contribution in [-0.4, -0.2) is 45.6 Å². The van der Waals surface area contributed by atoms with E-state index in [0.717, 1.165) is 12.8 Å². The van der Waals surface area contributed by atoms with Gasteiger partial charge in [-0.25, -0.2) is 0 Å². The molecule has 3 aliphatic rings. The fourth-order valence-corrected chi connectivity index (χ4v) is 4.23. The third-order valence-electron chi connectivity index (χ3n) is 5.17. The van der Waals surface area contributed by atoms with Gasteiger partial charge in [-0.3, -0.25) is 19.3 Å². The van der Waals surface area contributed by atoms with Crippen molar-refractivity contribution >= 4 is 17.7 Å². The third-order valence-corrected chi connectivity index (χ3v) is 5.17. The van der Waals surface area contributed by atoms with Crippen molar-refractivity contribution in [1.29, 1.82) is 0 Å². The van der Waals surface area contributed by atoms with Gasteiger partial charge in [0.25, 0.3) is 5.91 Å². The van der Waals surface area contributed by atoms with E-state index in [2.05, 4.69) is 0 Å². The highest BCUT2D eigenvalue weighted by Crippen LogP contribution is 2.39. The highest BCUT2D eigenvalue weighted by atomic mass is 16.3. The summed E-state index contributed by atoms with van der Waals surface area (Å²) in [6.45, 7) is 0. The van der Waals surface area contributed by atoms with Gasteiger partial charge in [-0.15, -0.1) is 0 Å². The lowest BCUT2D eigenvalue weighted by Crippen LogP contribution is -2.53. The highest BCUT2D eigenvalue weighted by Gasteiger charge is 2.47. The largest absolute Gasteiger partial charge is 0.472 e. The van der Waals surface area contributed by atoms with Crippen molar-refractivity contribution in [1.82, 2.24) is 9.80 Å². The van der Waals surface area contributed by atoms with E-state index in [1.807, 2.05) is 4.90 Å². The van der Waals surface area contributed by atoms with Crippen molar-refractivity contribution in [2.75, 3.05) is 0 Å². The normalized spacial score (nSPS) is 31.2. The molecule has 4 rings (SSSR count). The summed E-state index contributed by atoms with van der Waals surface area (Å²) in [5, 5.41) is 0. The molecule has 0 N–H and O–H groups in total. The Labute approximate surface area is 128 Å². The quantitative estimate of drug-likeness (QED) is 0.777. The SMILES string of the molecule is O=C1CCC(=O)N1C1CC2CCC(C1)N2C(=O)c1ccoc1. The number of amides is 3. The van der Waals surface area contributed by atoms with Gasteiger partial charge in [0.05, 0.1) is 11.8 Å². The number of hydrogen-bond acceptors (Lipinski definition) is 4. The molecule has 3 aliphatic heterocycles. The molecule has 2 atom stereocenters. The zero-order chi connectivity index (χ0) is 15.3. The second-order valence-corrected chi connectivity index (χ2v) is 6.39. The predicted octanol–water partition coefficient (Wildman–Crippen LogP) is 1.56. The van der Waals surface area contributed by atoms with Crippen LogP contribution in [0.4, 0.5) is 0 Å². The van der Waals surface area contributed by atoms with Crippen LogP contribution in [0.25, 0.3) is 0 Å². The van der Waals surface area contributed by atoms with Gasteiger partial charge < -0.3 is 9.32 Å². The Morgan fingerprint density at radius 1 is 1.05 bits per heavy atom. The fourth-order valence-electron chi connectivity index (χ4n) is 4.23. The van der Waals surface area contributed by atoms with Gasteiger partial charge in [0.2, 0.25) is 11.8 Å². The predicted molar refractivity (Wildman–Crippen MR) is 75.8 cm³/mol. The van der Waals surface area contributed by atoms with Crippen LogP contribution in [0.1, 0.15) is 48.9 Å². The smallest absolute Gasteiger partial charge is 0.257 e. The Kier molecular flexibility index (Phi) is 3.06. The maximum absolute atomic E-state index is 12.6. The van der Waals surface area contributed by atoms with Gasteiger partial charge in [0.15, 0.2) is 0 Å². The Hall–Kier alpha value is -2.11. The monoisotopic (exact) mass is 302 g/mol. The Morgan fingerprint density at radius 2 is 1.68 bits per heavy atom. The Bertz CT molecular complexity index is 594. The number of nitrogens with zero attached hydrogens (tertiary/aromatic N) is 2. The number of imide groups is 1. The molecule has 0 aromatic carbocycles. The van der Waals surface area contributed by atoms with Crippen LogP contribution in [0.5, 0.6) is 0 Å². The second kappa shape index (κ2) is 4.97. The van der Waals surface area contributed by atoms with E-state index < -0.39 is 0 Å². The number of likely N-dealkylation sites (tertiary alicyclic amines) is 1. The standard InChI is InChI=1S/C16H18N2O4/c19-14-3-4-15(20)18(14)13-7-11-1-2-12(8-13)17(11)16(21)10-5-6-22-9-10/h5-6,9,11-13H,1-4,7-8H2. The molecule has 0 spiro atoms. The third kappa shape index (κ3) is 1.97. The fraction of sp³-hybridized carbons (Fsp3) is 0.562. The van der Waals surface area contributed by atoms with Crippen molar-refractivity contribution < 1.29 is 18.8 Å². The molecule has 2 bridgehead atoms. The summed E-state index contributed by atoms with van der Waals surface area (Å²) in [6.07, 6.45) is 6.95. The molecule has 22 heavy (non-hydrogen) atoms. The topological polar surface area (TPSA) is 70.8 Å². The van der Waals surface area contributed by atoms with E-state index in [1.165, 1.54) is 17.4 Å². The van der Waals surface area contributed by atoms with Crippen molar-refractivity contribution in [3.63, 3.8) is 0 Å². The molecular weight excluding hydrogens is 284 g/mol. The number of rotatable bonds is 2. The lowest BCUT2D eigenvalue weighted by Gasteiger charge is -2.41. The summed E-state index contributed by atoms with van der Waals surface area (Å²) in [4.78, 5) is 39.9. The van der Waals surface area contributed by atoms with E-state index >= 15 is 0 Å². The molecule has 1 aromatic heterocycles. The molecule has 0 radical (unpaired) electrons. The Morgan fingerprint density at radius 3 is 2.23 bits per heavy atom. The van der Waals surface area contributed by atoms with Gasteiger partial charge in [0, 0.05) is 31.0 Å². The van der Waals surface area contributed by atoms with E-state index in [0.29, 0.717) is 31.2 Å². The van der Waals surface area contributed by atoms with Crippen molar-refractivity contribution in [2.24, 2.45) is 0 Å². The first-order valence-electron chi connectivity index (χ1n) is 7.85. The molecule has 3 saturated heterocycles. The summed E-state index contributed by atoms with van der Waals surface area (Å²) in [7, 11) is 0. The van der Waals surface area contributed by atoms with E-state index in [4.69, 9.17) is 4.42 Å². The van der Waals surface area contributed by atoms with Crippen LogP contribution < -0.4 is 0 Å². The van der Waals surface area contributed by atoms with Gasteiger partial charge in [0.1, 0.15) is 6.26 Å². The van der Waals surface area contributed by atoms with Crippen LogP contribution >= 0.6 is 0 Å². The first kappa shape index (κ1) is 13.5. The average Bonchev–Trinajstić information content (AvgIpc) is 3.19. The number of piperidine rings is 1. The zero-order valence-electron chi connectivity index (χ0n) is 12.2. The van der Waals surface area contributed by atoms with Gasteiger partial charge in [-0.1, -0.05) is 0 Å². The highest BCUT2D eigenvalue weighted by molar-refractivity contribution is 6.02. The maximum atomic E-state index is 12.6. The van der Waals surface area contributed by atoms with Crippen LogP contribution in [0, 0.1) is 0 Å². The van der Waals surface area contributed by atoms with Gasteiger partial charge in [-0.05, 0) is 31.7 Å². The van der Waals surface area contributed by atoms with Crippen molar-refractivity contribution in [3.8, 4) is 0 Å². The van der Waals surface area contributed by atoms with Crippen LogP contribution in [0.3, 0.4) is 0 Å². The summed E-state index contributed by atoms with van der Waals surface area (Å²) in [6, 6.07) is 1.88. The summed E-state index contributed by atoms with van der Waals surface area (Å²) < 4.78 is 5.00. The number of fused-ring (bicyclic) bond motifs is 2. The van der Waals surface area contributed by atoms with E-state index in [9.17, 15) is 14.4 Å². The lowest BCUT2D eigenvalue weighted by atomic mass is 9.95. The zero-order valence-corrected chi connectivity index (χ0v) is 12.2. The van der Waals surface area contributed by atoms with Crippen molar-refractivity contribution in [2.45, 2.75) is 56.7 Å². The van der Waals surface area contributed by atoms with Crippen LogP contribution in [-0.2, 0) is 9.59 Å². The maximum Gasteiger partial charge on any atom is 0.257 e. The molecule has 3 fully saturated rings. The van der Waals surface area contributed by atoms with Gasteiger partial charge in [-0.2, -0.15) is 0 Å². The minimum Gasteiger partial charge on any atom is -0.472 e. The summed E-state index contributed by atoms with van der Waals surface area (Å²) in [5.74, 6) is -0.105. The number of hydrogen-bond donors (Lipinski definition) is 0. The molecule has 0 aliphatic carbocycles. The molecule has 116 valence electrons. The molecule has 3 amide bonds. The van der Waals surface area contributed by atoms with E-state index in [1.54, 1.807) is 6.07 Å². The van der Waals surface area contributed by atoms with Crippen LogP contribution in [0.15, 0.2) is 23.0 Å². The molecule has 2 unspecified atom stereocenters. The first-order valence-corrected chi connectivity index (χ1v) is 7.85. The number of furan rings is 1. The molecule has 1 aromatic rings. The van der Waals surface area contributed by atoms with Gasteiger partial charge >= 0.3 is 0 Å². The second-order valence-electron chi connectivity index (χ2n) is 6.39. The molecule has 6 nitrogen and oxygen atoms in total.